The molecular weight excluding hydrogens is 313 g/mol. The third-order valence-corrected chi connectivity index (χ3v) is 3.15. The van der Waals surface area contributed by atoms with Gasteiger partial charge < -0.3 is 15.2 Å². The van der Waals surface area contributed by atoms with E-state index in [-0.39, 0.29) is 5.82 Å². The van der Waals surface area contributed by atoms with Gasteiger partial charge in [-0.15, -0.1) is 0 Å². The van der Waals surface area contributed by atoms with Crippen LogP contribution in [0.1, 0.15) is 25.3 Å². The van der Waals surface area contributed by atoms with E-state index >= 15 is 0 Å². The summed E-state index contributed by atoms with van der Waals surface area (Å²) >= 11 is 3.30. The predicted molar refractivity (Wildman–Crippen MR) is 77.5 cm³/mol. The van der Waals surface area contributed by atoms with Crippen LogP contribution in [0.2, 0.25) is 0 Å². The molecule has 0 aliphatic carbocycles. The number of aliphatic hydroxyl groups excluding tert-OH is 1. The van der Waals surface area contributed by atoms with Gasteiger partial charge in [-0.25, -0.2) is 4.39 Å². The van der Waals surface area contributed by atoms with Gasteiger partial charge in [0, 0.05) is 29.7 Å². The molecule has 0 radical (unpaired) electrons. The van der Waals surface area contributed by atoms with E-state index in [1.165, 1.54) is 6.07 Å². The number of unbranched alkanes of at least 4 members (excludes halogenated alkanes) is 1. The Bertz CT molecular complexity index is 376. The Kier molecular flexibility index (Phi) is 8.21. The maximum atomic E-state index is 13.4. The molecule has 0 aliphatic rings. The van der Waals surface area contributed by atoms with Crippen LogP contribution in [0, 0.1) is 5.82 Å². The molecule has 0 saturated heterocycles. The van der Waals surface area contributed by atoms with Crippen molar-refractivity contribution >= 4 is 15.9 Å². The summed E-state index contributed by atoms with van der Waals surface area (Å²) in [7, 11) is 0. The third-order valence-electron chi connectivity index (χ3n) is 2.66. The molecule has 5 heteroatoms. The van der Waals surface area contributed by atoms with Crippen molar-refractivity contribution in [2.75, 3.05) is 19.8 Å². The lowest BCUT2D eigenvalue weighted by Crippen LogP contribution is -2.30. The van der Waals surface area contributed by atoms with E-state index in [1.54, 1.807) is 12.1 Å². The first-order chi connectivity index (χ1) is 9.13. The molecule has 0 aliphatic heterocycles. The maximum Gasteiger partial charge on any atom is 0.127 e. The molecule has 19 heavy (non-hydrogen) atoms. The van der Waals surface area contributed by atoms with E-state index in [4.69, 9.17) is 4.74 Å². The average Bonchev–Trinajstić information content (AvgIpc) is 2.39. The molecule has 0 aromatic heterocycles. The zero-order valence-electron chi connectivity index (χ0n) is 11.2. The van der Waals surface area contributed by atoms with Gasteiger partial charge in [0.05, 0.1) is 12.7 Å². The van der Waals surface area contributed by atoms with Gasteiger partial charge in [0.25, 0.3) is 0 Å². The zero-order chi connectivity index (χ0) is 14.1. The Labute approximate surface area is 122 Å². The van der Waals surface area contributed by atoms with E-state index in [1.807, 2.05) is 0 Å². The second kappa shape index (κ2) is 9.42. The van der Waals surface area contributed by atoms with Crippen molar-refractivity contribution in [1.29, 1.82) is 0 Å². The van der Waals surface area contributed by atoms with Crippen molar-refractivity contribution in [2.45, 2.75) is 32.4 Å². The Balaban J connectivity index is 2.20. The van der Waals surface area contributed by atoms with Crippen molar-refractivity contribution in [2.24, 2.45) is 0 Å². The van der Waals surface area contributed by atoms with Crippen molar-refractivity contribution in [3.8, 4) is 0 Å². The monoisotopic (exact) mass is 333 g/mol. The zero-order valence-corrected chi connectivity index (χ0v) is 12.7. The Morgan fingerprint density at radius 2 is 2.26 bits per heavy atom. The first-order valence-corrected chi connectivity index (χ1v) is 7.33. The number of benzene rings is 1. The third kappa shape index (κ3) is 7.01. The number of rotatable bonds is 9. The second-order valence-corrected chi connectivity index (χ2v) is 5.36. The van der Waals surface area contributed by atoms with Crippen LogP contribution in [0.4, 0.5) is 4.39 Å². The molecule has 0 bridgehead atoms. The molecule has 2 N–H and O–H groups in total. The first kappa shape index (κ1) is 16.6. The average molecular weight is 334 g/mol. The van der Waals surface area contributed by atoms with Crippen molar-refractivity contribution in [3.05, 3.63) is 34.1 Å². The van der Waals surface area contributed by atoms with Crippen LogP contribution in [0.5, 0.6) is 0 Å². The molecular formula is C14H21BrFNO2. The number of halogens is 2. The van der Waals surface area contributed by atoms with Crippen molar-refractivity contribution in [1.82, 2.24) is 5.32 Å². The second-order valence-electron chi connectivity index (χ2n) is 4.45. The van der Waals surface area contributed by atoms with Gasteiger partial charge in [-0.05, 0) is 24.6 Å². The molecule has 108 valence electrons. The molecule has 1 unspecified atom stereocenters. The molecule has 1 rings (SSSR count). The van der Waals surface area contributed by atoms with Gasteiger partial charge in [-0.2, -0.15) is 0 Å². The van der Waals surface area contributed by atoms with Gasteiger partial charge in [-0.3, -0.25) is 0 Å². The Morgan fingerprint density at radius 3 is 3.00 bits per heavy atom. The highest BCUT2D eigenvalue weighted by molar-refractivity contribution is 9.10. The van der Waals surface area contributed by atoms with Crippen molar-refractivity contribution < 1.29 is 14.2 Å². The molecule has 1 aromatic rings. The van der Waals surface area contributed by atoms with E-state index < -0.39 is 6.10 Å². The summed E-state index contributed by atoms with van der Waals surface area (Å²) in [5, 5.41) is 12.7. The Hall–Kier alpha value is -0.490. The summed E-state index contributed by atoms with van der Waals surface area (Å²) < 4.78 is 19.6. The van der Waals surface area contributed by atoms with Crippen LogP contribution in [0.15, 0.2) is 22.7 Å². The fraction of sp³-hybridized carbons (Fsp3) is 0.571. The standard InChI is InChI=1S/C14H21BrFNO2/c1-2-3-6-19-10-13(18)9-17-8-11-7-12(15)4-5-14(11)16/h4-5,7,13,17-18H,2-3,6,8-10H2,1H3. The molecule has 0 heterocycles. The van der Waals surface area contributed by atoms with E-state index in [0.29, 0.717) is 31.9 Å². The highest BCUT2D eigenvalue weighted by Crippen LogP contribution is 2.15. The maximum absolute atomic E-state index is 13.4. The number of nitrogens with one attached hydrogen (secondary N) is 1. The van der Waals surface area contributed by atoms with Gasteiger partial charge in [-0.1, -0.05) is 29.3 Å². The minimum Gasteiger partial charge on any atom is -0.389 e. The largest absolute Gasteiger partial charge is 0.389 e. The number of aliphatic hydroxyl groups is 1. The van der Waals surface area contributed by atoms with Crippen LogP contribution in [-0.4, -0.2) is 31.0 Å². The number of hydrogen-bond acceptors (Lipinski definition) is 3. The van der Waals surface area contributed by atoms with Crippen LogP contribution < -0.4 is 5.32 Å². The fourth-order valence-electron chi connectivity index (χ4n) is 1.58. The highest BCUT2D eigenvalue weighted by Gasteiger charge is 2.06. The van der Waals surface area contributed by atoms with Crippen LogP contribution in [0.3, 0.4) is 0 Å². The topological polar surface area (TPSA) is 41.5 Å². The molecule has 1 aromatic carbocycles. The summed E-state index contributed by atoms with van der Waals surface area (Å²) in [6.45, 7) is 3.85. The SMILES string of the molecule is CCCCOCC(O)CNCc1cc(Br)ccc1F. The smallest absolute Gasteiger partial charge is 0.127 e. The van der Waals surface area contributed by atoms with Gasteiger partial charge in [0.2, 0.25) is 0 Å². The summed E-state index contributed by atoms with van der Waals surface area (Å²) in [5.41, 5.74) is 0.577. The first-order valence-electron chi connectivity index (χ1n) is 6.54. The summed E-state index contributed by atoms with van der Waals surface area (Å²) in [5.74, 6) is -0.246. The molecule has 0 spiro atoms. The molecule has 0 saturated carbocycles. The quantitative estimate of drug-likeness (QED) is 0.683. The van der Waals surface area contributed by atoms with Gasteiger partial charge in [0.15, 0.2) is 0 Å². The molecule has 0 amide bonds. The van der Waals surface area contributed by atoms with Gasteiger partial charge in [0.1, 0.15) is 5.82 Å². The van der Waals surface area contributed by atoms with Gasteiger partial charge >= 0.3 is 0 Å². The molecule has 1 atom stereocenters. The lowest BCUT2D eigenvalue weighted by atomic mass is 10.2. The highest BCUT2D eigenvalue weighted by atomic mass is 79.9. The Morgan fingerprint density at radius 1 is 1.47 bits per heavy atom. The summed E-state index contributed by atoms with van der Waals surface area (Å²) in [6, 6.07) is 4.81. The van der Waals surface area contributed by atoms with Crippen LogP contribution in [0.25, 0.3) is 0 Å². The lowest BCUT2D eigenvalue weighted by molar-refractivity contribution is 0.0357. The molecule has 3 nitrogen and oxygen atoms in total. The number of hydrogen-bond donors (Lipinski definition) is 2. The van der Waals surface area contributed by atoms with Crippen LogP contribution >= 0.6 is 15.9 Å². The number of ether oxygens (including phenoxy) is 1. The minimum absolute atomic E-state index is 0.246. The fourth-order valence-corrected chi connectivity index (χ4v) is 1.99. The van der Waals surface area contributed by atoms with Crippen LogP contribution in [-0.2, 0) is 11.3 Å². The van der Waals surface area contributed by atoms with E-state index in [2.05, 4.69) is 28.2 Å². The summed E-state index contributed by atoms with van der Waals surface area (Å²) in [4.78, 5) is 0. The lowest BCUT2D eigenvalue weighted by Gasteiger charge is -2.12. The van der Waals surface area contributed by atoms with E-state index in [9.17, 15) is 9.50 Å². The van der Waals surface area contributed by atoms with E-state index in [0.717, 1.165) is 17.3 Å². The predicted octanol–water partition coefficient (Wildman–Crippen LogP) is 2.86. The normalized spacial score (nSPS) is 12.6. The summed E-state index contributed by atoms with van der Waals surface area (Å²) in [6.07, 6.45) is 1.52. The molecule has 0 fully saturated rings. The minimum atomic E-state index is -0.563. The van der Waals surface area contributed by atoms with Crippen molar-refractivity contribution in [3.63, 3.8) is 0 Å².